The lowest BCUT2D eigenvalue weighted by atomic mass is 9.93. The number of hydrogen-bond donors (Lipinski definition) is 0. The maximum Gasteiger partial charge on any atom is 0.208 e. The average Bonchev–Trinajstić information content (AvgIpc) is 2.84. The Labute approximate surface area is 108 Å². The molecule has 2 unspecified atom stereocenters. The van der Waals surface area contributed by atoms with Gasteiger partial charge >= 0.3 is 0 Å². The van der Waals surface area contributed by atoms with Crippen LogP contribution in [0, 0.1) is 5.92 Å². The Morgan fingerprint density at radius 3 is 2.39 bits per heavy atom. The van der Waals surface area contributed by atoms with Gasteiger partial charge in [0, 0.05) is 0 Å². The first-order valence-corrected chi connectivity index (χ1v) is 8.06. The fourth-order valence-corrected chi connectivity index (χ4v) is 5.02. The van der Waals surface area contributed by atoms with E-state index in [9.17, 15) is 8.42 Å². The molecule has 1 aliphatic heterocycles. The van der Waals surface area contributed by atoms with Crippen molar-refractivity contribution in [3.63, 3.8) is 0 Å². The van der Waals surface area contributed by atoms with E-state index in [4.69, 9.17) is 4.74 Å². The van der Waals surface area contributed by atoms with E-state index in [0.29, 0.717) is 10.8 Å². The number of hydrogen-bond acceptors (Lipinski definition) is 3. The number of rotatable bonds is 3. The van der Waals surface area contributed by atoms with E-state index < -0.39 is 20.9 Å². The van der Waals surface area contributed by atoms with Gasteiger partial charge in [0.1, 0.15) is 5.60 Å². The van der Waals surface area contributed by atoms with Gasteiger partial charge in [-0.1, -0.05) is 31.0 Å². The van der Waals surface area contributed by atoms with Crippen LogP contribution in [-0.2, 0) is 14.6 Å². The summed E-state index contributed by atoms with van der Waals surface area (Å²) in [4.78, 5) is 0.372. The molecule has 2 fully saturated rings. The number of epoxide rings is 1. The van der Waals surface area contributed by atoms with E-state index in [1.807, 2.05) is 13.0 Å². The van der Waals surface area contributed by atoms with Crippen molar-refractivity contribution < 1.29 is 13.2 Å². The summed E-state index contributed by atoms with van der Waals surface area (Å²) in [7, 11) is -3.33. The molecule has 0 aromatic heterocycles. The number of sulfone groups is 1. The first kappa shape index (κ1) is 12.2. The lowest BCUT2D eigenvalue weighted by Gasteiger charge is -2.14. The van der Waals surface area contributed by atoms with Crippen molar-refractivity contribution in [2.24, 2.45) is 5.92 Å². The summed E-state index contributed by atoms with van der Waals surface area (Å²) in [6.45, 7) is 1.95. The molecule has 1 aliphatic carbocycles. The highest BCUT2D eigenvalue weighted by Crippen LogP contribution is 2.52. The molecule has 2 aliphatic rings. The van der Waals surface area contributed by atoms with Crippen LogP contribution in [0.2, 0.25) is 0 Å². The first-order chi connectivity index (χ1) is 8.55. The molecule has 0 amide bonds. The fourth-order valence-electron chi connectivity index (χ4n) is 3.09. The maximum absolute atomic E-state index is 12.4. The molecule has 18 heavy (non-hydrogen) atoms. The largest absolute Gasteiger partial charge is 0.349 e. The van der Waals surface area contributed by atoms with Gasteiger partial charge < -0.3 is 4.74 Å². The zero-order valence-electron chi connectivity index (χ0n) is 10.5. The highest BCUT2D eigenvalue weighted by molar-refractivity contribution is 7.92. The molecule has 3 nitrogen and oxygen atoms in total. The quantitative estimate of drug-likeness (QED) is 0.790. The molecule has 0 N–H and O–H groups in total. The maximum atomic E-state index is 12.4. The van der Waals surface area contributed by atoms with Crippen LogP contribution < -0.4 is 0 Å². The van der Waals surface area contributed by atoms with Crippen molar-refractivity contribution in [1.29, 1.82) is 0 Å². The Morgan fingerprint density at radius 2 is 1.78 bits per heavy atom. The van der Waals surface area contributed by atoms with Crippen molar-refractivity contribution in [3.8, 4) is 0 Å². The Hall–Kier alpha value is -0.870. The molecule has 4 heteroatoms. The lowest BCUT2D eigenvalue weighted by Crippen LogP contribution is -2.25. The van der Waals surface area contributed by atoms with Gasteiger partial charge in [0.05, 0.1) is 4.90 Å². The molecule has 0 radical (unpaired) electrons. The SMILES string of the molecule is CC1(C2CCCC2)OC1S(=O)(=O)c1ccccc1. The van der Waals surface area contributed by atoms with E-state index in [0.717, 1.165) is 12.8 Å². The smallest absolute Gasteiger partial charge is 0.208 e. The summed E-state index contributed by atoms with van der Waals surface area (Å²) in [6.07, 6.45) is 4.58. The van der Waals surface area contributed by atoms with Gasteiger partial charge in [0.15, 0.2) is 5.44 Å². The summed E-state index contributed by atoms with van der Waals surface area (Å²) in [5, 5.41) is 0. The van der Waals surface area contributed by atoms with Gasteiger partial charge in [0.25, 0.3) is 0 Å². The minimum absolute atomic E-state index is 0.372. The van der Waals surface area contributed by atoms with E-state index in [1.165, 1.54) is 12.8 Å². The third-order valence-electron chi connectivity index (χ3n) is 4.29. The van der Waals surface area contributed by atoms with Gasteiger partial charge in [-0.25, -0.2) is 8.42 Å². The number of ether oxygens (including phenoxy) is 1. The molecule has 1 saturated heterocycles. The van der Waals surface area contributed by atoms with Gasteiger partial charge in [-0.15, -0.1) is 0 Å². The normalized spacial score (nSPS) is 32.6. The van der Waals surface area contributed by atoms with Crippen LogP contribution in [0.15, 0.2) is 35.2 Å². The standard InChI is InChI=1S/C14H18O3S/c1-14(11-7-5-6-8-11)13(17-14)18(15,16)12-9-3-2-4-10-12/h2-4,9-11,13H,5-8H2,1H3. The Balaban J connectivity index is 1.85. The van der Waals surface area contributed by atoms with E-state index in [-0.39, 0.29) is 0 Å². The van der Waals surface area contributed by atoms with Crippen LogP contribution >= 0.6 is 0 Å². The fraction of sp³-hybridized carbons (Fsp3) is 0.571. The molecular formula is C14H18O3S. The number of benzene rings is 1. The van der Waals surface area contributed by atoms with Gasteiger partial charge in [-0.05, 0) is 37.8 Å². The zero-order chi connectivity index (χ0) is 12.8. The molecule has 1 aromatic rings. The molecule has 2 atom stereocenters. The molecule has 1 aromatic carbocycles. The second-order valence-corrected chi connectivity index (χ2v) is 7.46. The van der Waals surface area contributed by atoms with Gasteiger partial charge in [0.2, 0.25) is 9.84 Å². The predicted octanol–water partition coefficient (Wildman–Crippen LogP) is 2.77. The van der Waals surface area contributed by atoms with Crippen LogP contribution in [0.4, 0.5) is 0 Å². The molecule has 0 spiro atoms. The zero-order valence-corrected chi connectivity index (χ0v) is 11.3. The minimum atomic E-state index is -3.33. The lowest BCUT2D eigenvalue weighted by molar-refractivity contribution is 0.236. The molecule has 1 heterocycles. The topological polar surface area (TPSA) is 46.7 Å². The third-order valence-corrected chi connectivity index (χ3v) is 6.35. The summed E-state index contributed by atoms with van der Waals surface area (Å²) >= 11 is 0. The van der Waals surface area contributed by atoms with E-state index in [1.54, 1.807) is 24.3 Å². The van der Waals surface area contributed by atoms with Gasteiger partial charge in [-0.2, -0.15) is 0 Å². The van der Waals surface area contributed by atoms with Crippen molar-refractivity contribution in [1.82, 2.24) is 0 Å². The predicted molar refractivity (Wildman–Crippen MR) is 68.9 cm³/mol. The van der Waals surface area contributed by atoms with Crippen LogP contribution in [0.5, 0.6) is 0 Å². The summed E-state index contributed by atoms with van der Waals surface area (Å²) in [5.74, 6) is 0.404. The highest BCUT2D eigenvalue weighted by Gasteiger charge is 2.64. The minimum Gasteiger partial charge on any atom is -0.349 e. The van der Waals surface area contributed by atoms with Gasteiger partial charge in [-0.3, -0.25) is 0 Å². The Morgan fingerprint density at radius 1 is 1.17 bits per heavy atom. The van der Waals surface area contributed by atoms with Crippen LogP contribution in [0.25, 0.3) is 0 Å². The van der Waals surface area contributed by atoms with Crippen molar-refractivity contribution in [3.05, 3.63) is 30.3 Å². The Bertz CT molecular complexity index is 531. The van der Waals surface area contributed by atoms with Crippen molar-refractivity contribution >= 4 is 9.84 Å². The van der Waals surface area contributed by atoms with Crippen LogP contribution in [-0.4, -0.2) is 19.5 Å². The molecule has 3 rings (SSSR count). The summed E-state index contributed by atoms with van der Waals surface area (Å²) in [5.41, 5.74) is -1.10. The average molecular weight is 266 g/mol. The Kier molecular flexibility index (Phi) is 2.75. The van der Waals surface area contributed by atoms with E-state index in [2.05, 4.69) is 0 Å². The van der Waals surface area contributed by atoms with Crippen molar-refractivity contribution in [2.75, 3.05) is 0 Å². The van der Waals surface area contributed by atoms with Crippen LogP contribution in [0.3, 0.4) is 0 Å². The third kappa shape index (κ3) is 1.79. The monoisotopic (exact) mass is 266 g/mol. The first-order valence-electron chi connectivity index (χ1n) is 6.52. The van der Waals surface area contributed by atoms with Crippen molar-refractivity contribution in [2.45, 2.75) is 48.5 Å². The van der Waals surface area contributed by atoms with E-state index >= 15 is 0 Å². The summed E-state index contributed by atoms with van der Waals surface area (Å²) < 4.78 is 30.5. The molecule has 0 bridgehead atoms. The van der Waals surface area contributed by atoms with Crippen LogP contribution in [0.1, 0.15) is 32.6 Å². The summed E-state index contributed by atoms with van der Waals surface area (Å²) in [6, 6.07) is 8.62. The molecule has 98 valence electrons. The second-order valence-electron chi connectivity index (χ2n) is 5.47. The molecule has 1 saturated carbocycles. The highest BCUT2D eigenvalue weighted by atomic mass is 32.2. The molecular weight excluding hydrogens is 248 g/mol. The second kappa shape index (κ2) is 4.07.